The summed E-state index contributed by atoms with van der Waals surface area (Å²) >= 11 is 0. The first-order valence-corrected chi connectivity index (χ1v) is 8.02. The normalized spacial score (nSPS) is 12.6. The van der Waals surface area contributed by atoms with Gasteiger partial charge in [0.1, 0.15) is 18.0 Å². The number of nitrogens with zero attached hydrogens (tertiary/aromatic N) is 2. The Morgan fingerprint density at radius 1 is 1.07 bits per heavy atom. The minimum Gasteiger partial charge on any atom is -0.497 e. The molecule has 10 heteroatoms. The van der Waals surface area contributed by atoms with E-state index < -0.39 is 29.2 Å². The molecule has 0 radical (unpaired) electrons. The fourth-order valence-electron chi connectivity index (χ4n) is 2.77. The second-order valence-corrected chi connectivity index (χ2v) is 5.80. The van der Waals surface area contributed by atoms with Gasteiger partial charge in [0.15, 0.2) is 0 Å². The molecule has 0 unspecified atom stereocenters. The summed E-state index contributed by atoms with van der Waals surface area (Å²) in [5.74, 6) is -1.22. The van der Waals surface area contributed by atoms with Crippen molar-refractivity contribution in [2.75, 3.05) is 26.1 Å². The van der Waals surface area contributed by atoms with E-state index in [1.54, 1.807) is 18.2 Å². The summed E-state index contributed by atoms with van der Waals surface area (Å²) in [6.07, 6.45) is 0. The smallest absolute Gasteiger partial charge is 0.270 e. The van der Waals surface area contributed by atoms with Gasteiger partial charge >= 0.3 is 0 Å². The van der Waals surface area contributed by atoms with Crippen LogP contribution in [0.5, 0.6) is 11.5 Å². The van der Waals surface area contributed by atoms with Gasteiger partial charge in [-0.3, -0.25) is 29.4 Å². The average Bonchev–Trinajstić information content (AvgIpc) is 2.92. The topological polar surface area (TPSA) is 128 Å². The second kappa shape index (κ2) is 7.35. The van der Waals surface area contributed by atoms with Crippen molar-refractivity contribution in [2.24, 2.45) is 0 Å². The Bertz CT molecular complexity index is 1000. The predicted octanol–water partition coefficient (Wildman–Crippen LogP) is 1.85. The molecule has 2 aromatic rings. The lowest BCUT2D eigenvalue weighted by Crippen LogP contribution is -2.37. The first-order valence-electron chi connectivity index (χ1n) is 8.02. The molecule has 1 N–H and O–H groups in total. The highest BCUT2D eigenvalue weighted by Gasteiger charge is 2.37. The Morgan fingerprint density at radius 2 is 1.79 bits per heavy atom. The lowest BCUT2D eigenvalue weighted by atomic mass is 10.1. The number of carbonyl (C=O) groups is 3. The lowest BCUT2D eigenvalue weighted by Gasteiger charge is -2.15. The van der Waals surface area contributed by atoms with E-state index in [9.17, 15) is 24.5 Å². The molecule has 0 saturated heterocycles. The Balaban J connectivity index is 1.77. The molecule has 0 fully saturated rings. The molecule has 28 heavy (non-hydrogen) atoms. The van der Waals surface area contributed by atoms with Crippen LogP contribution < -0.4 is 14.8 Å². The third kappa shape index (κ3) is 3.34. The van der Waals surface area contributed by atoms with E-state index in [1.807, 2.05) is 0 Å². The number of imide groups is 1. The van der Waals surface area contributed by atoms with Gasteiger partial charge in [0.25, 0.3) is 17.5 Å². The van der Waals surface area contributed by atoms with Crippen LogP contribution in [-0.4, -0.2) is 48.3 Å². The number of nitrogens with one attached hydrogen (secondary N) is 1. The minimum atomic E-state index is -0.763. The molecule has 10 nitrogen and oxygen atoms in total. The van der Waals surface area contributed by atoms with Crippen molar-refractivity contribution in [1.82, 2.24) is 4.90 Å². The summed E-state index contributed by atoms with van der Waals surface area (Å²) in [4.78, 5) is 48.1. The molecule has 2 aromatic carbocycles. The highest BCUT2D eigenvalue weighted by Crippen LogP contribution is 2.30. The first kappa shape index (κ1) is 18.8. The monoisotopic (exact) mass is 385 g/mol. The number of hydrogen-bond donors (Lipinski definition) is 1. The molecule has 1 aliphatic heterocycles. The molecule has 0 spiro atoms. The maximum atomic E-state index is 12.4. The number of non-ortho nitro benzene ring substituents is 1. The van der Waals surface area contributed by atoms with Crippen LogP contribution in [0.15, 0.2) is 36.4 Å². The van der Waals surface area contributed by atoms with Gasteiger partial charge in [0.2, 0.25) is 5.91 Å². The highest BCUT2D eigenvalue weighted by atomic mass is 16.6. The van der Waals surface area contributed by atoms with E-state index in [4.69, 9.17) is 9.47 Å². The van der Waals surface area contributed by atoms with Gasteiger partial charge in [-0.25, -0.2) is 0 Å². The standard InChI is InChI=1S/C18H15N3O7/c1-27-11-4-6-14(15(8-11)28-2)19-16(22)9-20-17(23)12-5-3-10(21(25)26)7-13(12)18(20)24/h3-8H,9H2,1-2H3,(H,19,22). The zero-order valence-electron chi connectivity index (χ0n) is 14.9. The molecule has 1 heterocycles. The molecular weight excluding hydrogens is 370 g/mol. The van der Waals surface area contributed by atoms with Gasteiger partial charge in [-0.15, -0.1) is 0 Å². The molecular formula is C18H15N3O7. The largest absolute Gasteiger partial charge is 0.497 e. The molecule has 3 amide bonds. The quantitative estimate of drug-likeness (QED) is 0.456. The van der Waals surface area contributed by atoms with Crippen LogP contribution in [0.4, 0.5) is 11.4 Å². The average molecular weight is 385 g/mol. The van der Waals surface area contributed by atoms with Gasteiger partial charge in [-0.05, 0) is 18.2 Å². The first-order chi connectivity index (χ1) is 13.3. The predicted molar refractivity (Wildman–Crippen MR) is 96.6 cm³/mol. The van der Waals surface area contributed by atoms with Gasteiger partial charge in [-0.2, -0.15) is 0 Å². The lowest BCUT2D eigenvalue weighted by molar-refractivity contribution is -0.384. The molecule has 144 valence electrons. The fourth-order valence-corrected chi connectivity index (χ4v) is 2.77. The van der Waals surface area contributed by atoms with E-state index >= 15 is 0 Å². The van der Waals surface area contributed by atoms with Crippen LogP contribution in [0, 0.1) is 10.1 Å². The van der Waals surface area contributed by atoms with Gasteiger partial charge in [0.05, 0.1) is 36.0 Å². The number of rotatable bonds is 6. The molecule has 1 aliphatic rings. The summed E-state index contributed by atoms with van der Waals surface area (Å²) in [5, 5.41) is 13.4. The molecule has 0 aromatic heterocycles. The third-order valence-corrected chi connectivity index (χ3v) is 4.15. The number of fused-ring (bicyclic) bond motifs is 1. The number of ether oxygens (including phenoxy) is 2. The second-order valence-electron chi connectivity index (χ2n) is 5.80. The van der Waals surface area contributed by atoms with Gasteiger partial charge in [-0.1, -0.05) is 0 Å². The number of carbonyl (C=O) groups excluding carboxylic acids is 3. The van der Waals surface area contributed by atoms with Crippen molar-refractivity contribution in [1.29, 1.82) is 0 Å². The summed E-state index contributed by atoms with van der Waals surface area (Å²) < 4.78 is 10.3. The van der Waals surface area contributed by atoms with Crippen LogP contribution in [0.1, 0.15) is 20.7 Å². The number of amides is 3. The zero-order valence-corrected chi connectivity index (χ0v) is 14.9. The number of hydrogen-bond acceptors (Lipinski definition) is 7. The van der Waals surface area contributed by atoms with Crippen molar-refractivity contribution < 1.29 is 28.8 Å². The van der Waals surface area contributed by atoms with E-state index in [-0.39, 0.29) is 16.8 Å². The van der Waals surface area contributed by atoms with Crippen LogP contribution in [-0.2, 0) is 4.79 Å². The van der Waals surface area contributed by atoms with Crippen molar-refractivity contribution in [2.45, 2.75) is 0 Å². The third-order valence-electron chi connectivity index (χ3n) is 4.15. The maximum absolute atomic E-state index is 12.4. The molecule has 0 bridgehead atoms. The number of anilines is 1. The van der Waals surface area contributed by atoms with Gasteiger partial charge in [0, 0.05) is 18.2 Å². The SMILES string of the molecule is COc1ccc(NC(=O)CN2C(=O)c3ccc([N+](=O)[O-])cc3C2=O)c(OC)c1. The number of benzene rings is 2. The van der Waals surface area contributed by atoms with Crippen molar-refractivity contribution in [3.63, 3.8) is 0 Å². The van der Waals surface area contributed by atoms with Crippen LogP contribution >= 0.6 is 0 Å². The number of nitro groups is 1. The molecule has 3 rings (SSSR count). The number of methoxy groups -OCH3 is 2. The van der Waals surface area contributed by atoms with Crippen molar-refractivity contribution in [3.8, 4) is 11.5 Å². The summed E-state index contributed by atoms with van der Waals surface area (Å²) in [6.45, 7) is -0.546. The zero-order chi connectivity index (χ0) is 20.4. The molecule has 0 saturated carbocycles. The minimum absolute atomic E-state index is 0.0189. The summed E-state index contributed by atoms with van der Waals surface area (Å²) in [7, 11) is 2.90. The molecule has 0 aliphatic carbocycles. The Kier molecular flexibility index (Phi) is 4.94. The Morgan fingerprint density at radius 3 is 2.43 bits per heavy atom. The van der Waals surface area contributed by atoms with Crippen molar-refractivity contribution in [3.05, 3.63) is 57.6 Å². The Hall–Kier alpha value is -3.95. The van der Waals surface area contributed by atoms with E-state index in [2.05, 4.69) is 5.32 Å². The summed E-state index contributed by atoms with van der Waals surface area (Å²) in [6, 6.07) is 8.10. The van der Waals surface area contributed by atoms with Crippen LogP contribution in [0.2, 0.25) is 0 Å². The van der Waals surface area contributed by atoms with E-state index in [1.165, 1.54) is 20.3 Å². The van der Waals surface area contributed by atoms with Gasteiger partial charge < -0.3 is 14.8 Å². The van der Waals surface area contributed by atoms with Crippen LogP contribution in [0.3, 0.4) is 0 Å². The van der Waals surface area contributed by atoms with Crippen LogP contribution in [0.25, 0.3) is 0 Å². The highest BCUT2D eigenvalue weighted by molar-refractivity contribution is 6.23. The maximum Gasteiger partial charge on any atom is 0.270 e. The summed E-state index contributed by atoms with van der Waals surface area (Å²) in [5.41, 5.74) is -0.0610. The number of nitro benzene ring substituents is 1. The van der Waals surface area contributed by atoms with Crippen molar-refractivity contribution >= 4 is 29.1 Å². The van der Waals surface area contributed by atoms with E-state index in [0.717, 1.165) is 17.0 Å². The fraction of sp³-hybridized carbons (Fsp3) is 0.167. The molecule has 0 atom stereocenters. The van der Waals surface area contributed by atoms with E-state index in [0.29, 0.717) is 17.2 Å². The Labute approximate surface area is 158 Å².